The maximum absolute atomic E-state index is 8.93. The molecule has 19 heavy (non-hydrogen) atoms. The molecule has 102 valence electrons. The predicted molar refractivity (Wildman–Crippen MR) is 72.3 cm³/mol. The molecule has 0 unspecified atom stereocenters. The SMILES string of the molecule is COc1cc(OC)cc(-c2cc(N)n(CCO)n2)c1. The van der Waals surface area contributed by atoms with E-state index in [4.69, 9.17) is 20.3 Å². The summed E-state index contributed by atoms with van der Waals surface area (Å²) in [5.41, 5.74) is 7.39. The summed E-state index contributed by atoms with van der Waals surface area (Å²) in [6.07, 6.45) is 0. The molecule has 0 saturated carbocycles. The normalized spacial score (nSPS) is 10.5. The highest BCUT2D eigenvalue weighted by molar-refractivity contribution is 5.66. The van der Waals surface area contributed by atoms with Crippen LogP contribution in [0.25, 0.3) is 11.3 Å². The molecule has 0 atom stereocenters. The molecular weight excluding hydrogens is 246 g/mol. The molecule has 1 aromatic heterocycles. The van der Waals surface area contributed by atoms with E-state index in [-0.39, 0.29) is 6.61 Å². The highest BCUT2D eigenvalue weighted by Gasteiger charge is 2.10. The van der Waals surface area contributed by atoms with E-state index in [2.05, 4.69) is 5.10 Å². The first-order chi connectivity index (χ1) is 9.17. The van der Waals surface area contributed by atoms with E-state index in [1.165, 1.54) is 0 Å². The molecule has 2 rings (SSSR count). The maximum Gasteiger partial charge on any atom is 0.123 e. The number of aromatic nitrogens is 2. The number of nitrogens with two attached hydrogens (primary N) is 1. The van der Waals surface area contributed by atoms with Crippen LogP contribution < -0.4 is 15.2 Å². The Labute approximate surface area is 111 Å². The Hall–Kier alpha value is -2.21. The Kier molecular flexibility index (Phi) is 3.91. The average Bonchev–Trinajstić information content (AvgIpc) is 2.80. The summed E-state index contributed by atoms with van der Waals surface area (Å²) in [5, 5.41) is 13.3. The fraction of sp³-hybridized carbons (Fsp3) is 0.308. The van der Waals surface area contributed by atoms with Crippen molar-refractivity contribution in [3.8, 4) is 22.8 Å². The zero-order chi connectivity index (χ0) is 13.8. The Bertz CT molecular complexity index is 544. The van der Waals surface area contributed by atoms with Gasteiger partial charge in [-0.05, 0) is 12.1 Å². The number of hydrogen-bond donors (Lipinski definition) is 2. The third kappa shape index (κ3) is 2.79. The lowest BCUT2D eigenvalue weighted by Crippen LogP contribution is -2.07. The van der Waals surface area contributed by atoms with Gasteiger partial charge in [-0.25, -0.2) is 4.68 Å². The first-order valence-electron chi connectivity index (χ1n) is 5.85. The van der Waals surface area contributed by atoms with Crippen molar-refractivity contribution in [2.24, 2.45) is 0 Å². The summed E-state index contributed by atoms with van der Waals surface area (Å²) in [6.45, 7) is 0.361. The number of nitrogen functional groups attached to an aromatic ring is 1. The van der Waals surface area contributed by atoms with Crippen molar-refractivity contribution in [2.45, 2.75) is 6.54 Å². The monoisotopic (exact) mass is 263 g/mol. The van der Waals surface area contributed by atoms with Crippen molar-refractivity contribution in [1.29, 1.82) is 0 Å². The molecule has 0 aliphatic carbocycles. The highest BCUT2D eigenvalue weighted by atomic mass is 16.5. The fourth-order valence-electron chi connectivity index (χ4n) is 1.80. The summed E-state index contributed by atoms with van der Waals surface area (Å²) < 4.78 is 12.0. The van der Waals surface area contributed by atoms with Gasteiger partial charge in [-0.1, -0.05) is 0 Å². The minimum Gasteiger partial charge on any atom is -0.497 e. The molecule has 0 fully saturated rings. The standard InChI is InChI=1S/C13H17N3O3/c1-18-10-5-9(6-11(7-10)19-2)12-8-13(14)16(15-12)3-4-17/h5-8,17H,3-4,14H2,1-2H3. The Balaban J connectivity index is 2.42. The van der Waals surface area contributed by atoms with Crippen LogP contribution in [0.1, 0.15) is 0 Å². The Morgan fingerprint density at radius 1 is 1.16 bits per heavy atom. The lowest BCUT2D eigenvalue weighted by molar-refractivity contribution is 0.270. The molecule has 0 aliphatic heterocycles. The van der Waals surface area contributed by atoms with Crippen molar-refractivity contribution in [3.05, 3.63) is 24.3 Å². The summed E-state index contributed by atoms with van der Waals surface area (Å²) in [4.78, 5) is 0. The van der Waals surface area contributed by atoms with Gasteiger partial charge in [0.2, 0.25) is 0 Å². The molecule has 6 nitrogen and oxygen atoms in total. The van der Waals surface area contributed by atoms with Gasteiger partial charge >= 0.3 is 0 Å². The number of methoxy groups -OCH3 is 2. The van der Waals surface area contributed by atoms with Crippen molar-refractivity contribution >= 4 is 5.82 Å². The Morgan fingerprint density at radius 3 is 2.32 bits per heavy atom. The number of hydrogen-bond acceptors (Lipinski definition) is 5. The molecule has 0 spiro atoms. The van der Waals surface area contributed by atoms with Gasteiger partial charge in [-0.15, -0.1) is 0 Å². The zero-order valence-corrected chi connectivity index (χ0v) is 11.0. The van der Waals surface area contributed by atoms with Gasteiger partial charge in [-0.2, -0.15) is 5.10 Å². The molecule has 0 saturated heterocycles. The van der Waals surface area contributed by atoms with Crippen LogP contribution in [0.5, 0.6) is 11.5 Å². The van der Waals surface area contributed by atoms with Crippen LogP contribution in [-0.4, -0.2) is 35.7 Å². The summed E-state index contributed by atoms with van der Waals surface area (Å²) in [7, 11) is 3.19. The van der Waals surface area contributed by atoms with E-state index in [0.717, 1.165) is 5.56 Å². The molecule has 1 heterocycles. The van der Waals surface area contributed by atoms with Crippen molar-refractivity contribution in [3.63, 3.8) is 0 Å². The van der Waals surface area contributed by atoms with Crippen LogP contribution in [0.4, 0.5) is 5.82 Å². The van der Waals surface area contributed by atoms with Crippen LogP contribution in [-0.2, 0) is 6.54 Å². The second kappa shape index (κ2) is 5.62. The molecular formula is C13H17N3O3. The minimum atomic E-state index is -0.00719. The van der Waals surface area contributed by atoms with Gasteiger partial charge in [0.25, 0.3) is 0 Å². The topological polar surface area (TPSA) is 82.5 Å². The Morgan fingerprint density at radius 2 is 1.79 bits per heavy atom. The van der Waals surface area contributed by atoms with E-state index < -0.39 is 0 Å². The van der Waals surface area contributed by atoms with Crippen LogP contribution in [0, 0.1) is 0 Å². The molecule has 2 aromatic rings. The number of aliphatic hydroxyl groups is 1. The first kappa shape index (κ1) is 13.2. The first-order valence-corrected chi connectivity index (χ1v) is 5.85. The fourth-order valence-corrected chi connectivity index (χ4v) is 1.80. The third-order valence-electron chi connectivity index (χ3n) is 2.77. The van der Waals surface area contributed by atoms with E-state index in [9.17, 15) is 0 Å². The molecule has 6 heteroatoms. The van der Waals surface area contributed by atoms with Crippen LogP contribution in [0.2, 0.25) is 0 Å². The van der Waals surface area contributed by atoms with Gasteiger partial charge in [0.15, 0.2) is 0 Å². The third-order valence-corrected chi connectivity index (χ3v) is 2.77. The molecule has 0 radical (unpaired) electrons. The quantitative estimate of drug-likeness (QED) is 0.845. The number of aliphatic hydroxyl groups excluding tert-OH is 1. The van der Waals surface area contributed by atoms with E-state index in [0.29, 0.717) is 29.6 Å². The smallest absolute Gasteiger partial charge is 0.123 e. The summed E-state index contributed by atoms with van der Waals surface area (Å²) in [6, 6.07) is 7.25. The maximum atomic E-state index is 8.93. The predicted octanol–water partition coefficient (Wildman–Crippen LogP) is 1.14. The van der Waals surface area contributed by atoms with Crippen molar-refractivity contribution in [2.75, 3.05) is 26.6 Å². The number of rotatable bonds is 5. The van der Waals surface area contributed by atoms with Crippen molar-refractivity contribution < 1.29 is 14.6 Å². The van der Waals surface area contributed by atoms with Gasteiger partial charge in [0.05, 0.1) is 33.1 Å². The number of ether oxygens (including phenoxy) is 2. The molecule has 0 aliphatic rings. The minimum absolute atomic E-state index is 0.00719. The largest absolute Gasteiger partial charge is 0.497 e. The van der Waals surface area contributed by atoms with Crippen LogP contribution in [0.3, 0.4) is 0 Å². The molecule has 1 aromatic carbocycles. The lowest BCUT2D eigenvalue weighted by Gasteiger charge is -2.06. The second-order valence-electron chi connectivity index (χ2n) is 4.00. The second-order valence-corrected chi connectivity index (χ2v) is 4.00. The average molecular weight is 263 g/mol. The van der Waals surface area contributed by atoms with Crippen LogP contribution >= 0.6 is 0 Å². The number of benzene rings is 1. The van der Waals surface area contributed by atoms with Gasteiger partial charge < -0.3 is 20.3 Å². The molecule has 0 bridgehead atoms. The number of nitrogens with zero attached hydrogens (tertiary/aromatic N) is 2. The van der Waals surface area contributed by atoms with Crippen LogP contribution in [0.15, 0.2) is 24.3 Å². The molecule has 0 amide bonds. The van der Waals surface area contributed by atoms with E-state index >= 15 is 0 Å². The lowest BCUT2D eigenvalue weighted by atomic mass is 10.1. The van der Waals surface area contributed by atoms with Crippen molar-refractivity contribution in [1.82, 2.24) is 9.78 Å². The number of anilines is 1. The summed E-state index contributed by atoms with van der Waals surface area (Å²) in [5.74, 6) is 1.88. The van der Waals surface area contributed by atoms with E-state index in [1.54, 1.807) is 31.0 Å². The summed E-state index contributed by atoms with van der Waals surface area (Å²) >= 11 is 0. The highest BCUT2D eigenvalue weighted by Crippen LogP contribution is 2.29. The van der Waals surface area contributed by atoms with Gasteiger partial charge in [0.1, 0.15) is 17.3 Å². The van der Waals surface area contributed by atoms with Gasteiger partial charge in [-0.3, -0.25) is 0 Å². The zero-order valence-electron chi connectivity index (χ0n) is 11.0. The van der Waals surface area contributed by atoms with Gasteiger partial charge in [0, 0.05) is 17.7 Å². The van der Waals surface area contributed by atoms with E-state index in [1.807, 2.05) is 12.1 Å². The molecule has 3 N–H and O–H groups in total.